The average molecular weight is 342 g/mol. The third-order valence-electron chi connectivity index (χ3n) is 5.12. The fourth-order valence-electron chi connectivity index (χ4n) is 3.56. The van der Waals surface area contributed by atoms with Crippen LogP contribution in [-0.4, -0.2) is 66.0 Å². The fourth-order valence-corrected chi connectivity index (χ4v) is 3.56. The van der Waals surface area contributed by atoms with Crippen LogP contribution in [0, 0.1) is 6.92 Å². The Bertz CT molecular complexity index is 783. The molecule has 1 N–H and O–H groups in total. The van der Waals surface area contributed by atoms with E-state index in [2.05, 4.69) is 35.0 Å². The van der Waals surface area contributed by atoms with Gasteiger partial charge in [0.05, 0.1) is 0 Å². The van der Waals surface area contributed by atoms with E-state index >= 15 is 0 Å². The Morgan fingerprint density at radius 3 is 2.76 bits per heavy atom. The molecule has 2 heterocycles. The minimum Gasteiger partial charge on any atom is -0.358 e. The predicted molar refractivity (Wildman–Crippen MR) is 98.4 cm³/mol. The predicted octanol–water partition coefficient (Wildman–Crippen LogP) is 1.23. The van der Waals surface area contributed by atoms with Gasteiger partial charge in [0.15, 0.2) is 0 Å². The number of nitrogens with one attached hydrogen (secondary N) is 1. The highest BCUT2D eigenvalue weighted by Crippen LogP contribution is 2.20. The number of benzene rings is 1. The number of fused-ring (bicyclic) bond motifs is 1. The number of aryl methyl sites for hydroxylation is 2. The number of hydrogen-bond acceptors (Lipinski definition) is 3. The van der Waals surface area contributed by atoms with Gasteiger partial charge in [-0.1, -0.05) is 18.2 Å². The summed E-state index contributed by atoms with van der Waals surface area (Å²) in [5.74, 6) is 0.0754. The normalized spacial score (nSPS) is 18.5. The Morgan fingerprint density at radius 2 is 2.00 bits per heavy atom. The molecule has 1 saturated heterocycles. The molecule has 1 aliphatic heterocycles. The highest BCUT2D eigenvalue weighted by molar-refractivity contribution is 5.84. The summed E-state index contributed by atoms with van der Waals surface area (Å²) in [6, 6.07) is 10.1. The van der Waals surface area contributed by atoms with Crippen molar-refractivity contribution in [1.29, 1.82) is 0 Å². The highest BCUT2D eigenvalue weighted by atomic mass is 16.2. The lowest BCUT2D eigenvalue weighted by Crippen LogP contribution is -2.58. The lowest BCUT2D eigenvalue weighted by atomic mass is 10.1. The molecule has 1 unspecified atom stereocenters. The molecule has 6 nitrogen and oxygen atoms in total. The van der Waals surface area contributed by atoms with Crippen LogP contribution in [0.15, 0.2) is 30.3 Å². The van der Waals surface area contributed by atoms with Crippen molar-refractivity contribution in [1.82, 2.24) is 19.7 Å². The first-order valence-corrected chi connectivity index (χ1v) is 8.75. The fraction of sp³-hybridized carbons (Fsp3) is 0.474. The molecular weight excluding hydrogens is 316 g/mol. The quantitative estimate of drug-likeness (QED) is 0.909. The summed E-state index contributed by atoms with van der Waals surface area (Å²) in [5, 5.41) is 3.88. The van der Waals surface area contributed by atoms with E-state index in [-0.39, 0.29) is 17.9 Å². The van der Waals surface area contributed by atoms with Crippen LogP contribution in [0.4, 0.5) is 0 Å². The molecule has 25 heavy (non-hydrogen) atoms. The van der Waals surface area contributed by atoms with Gasteiger partial charge in [0.2, 0.25) is 11.8 Å². The summed E-state index contributed by atoms with van der Waals surface area (Å²) in [5.41, 5.74) is 2.32. The number of rotatable bonds is 4. The number of carbonyl (C=O) groups is 2. The number of piperazine rings is 1. The van der Waals surface area contributed by atoms with Gasteiger partial charge in [-0.05, 0) is 31.5 Å². The van der Waals surface area contributed by atoms with Crippen LogP contribution in [0.25, 0.3) is 10.9 Å². The lowest BCUT2D eigenvalue weighted by Gasteiger charge is -2.38. The Hall–Kier alpha value is -2.34. The third kappa shape index (κ3) is 3.54. The monoisotopic (exact) mass is 342 g/mol. The molecule has 1 aromatic carbocycles. The van der Waals surface area contributed by atoms with Gasteiger partial charge in [0, 0.05) is 50.9 Å². The summed E-state index contributed by atoms with van der Waals surface area (Å²) in [6.45, 7) is 4.58. The van der Waals surface area contributed by atoms with E-state index in [1.54, 1.807) is 7.05 Å². The summed E-state index contributed by atoms with van der Waals surface area (Å²) in [6.07, 6.45) is 0.448. The van der Waals surface area contributed by atoms with Gasteiger partial charge in [-0.25, -0.2) is 0 Å². The Balaban J connectivity index is 1.66. The van der Waals surface area contributed by atoms with E-state index in [0.717, 1.165) is 17.8 Å². The van der Waals surface area contributed by atoms with Crippen LogP contribution in [0.5, 0.6) is 0 Å². The standard InChI is InChI=1S/C19H26N4O2/c1-14-12-15-6-4-5-7-16(15)23(14)9-8-18(24)22-11-10-21(3)17(13-22)19(25)20-2/h4-7,12,17H,8-11,13H2,1-3H3,(H,20,25). The zero-order valence-corrected chi connectivity index (χ0v) is 15.2. The Kier molecular flexibility index (Phi) is 5.08. The van der Waals surface area contributed by atoms with Gasteiger partial charge >= 0.3 is 0 Å². The van der Waals surface area contributed by atoms with Gasteiger partial charge in [-0.2, -0.15) is 0 Å². The van der Waals surface area contributed by atoms with E-state index in [1.807, 2.05) is 29.0 Å². The number of aromatic nitrogens is 1. The molecule has 2 amide bonds. The minimum atomic E-state index is -0.267. The van der Waals surface area contributed by atoms with E-state index < -0.39 is 0 Å². The largest absolute Gasteiger partial charge is 0.358 e. The molecule has 134 valence electrons. The van der Waals surface area contributed by atoms with Gasteiger partial charge < -0.3 is 14.8 Å². The van der Waals surface area contributed by atoms with Crippen molar-refractivity contribution in [3.05, 3.63) is 36.0 Å². The second-order valence-corrected chi connectivity index (χ2v) is 6.70. The lowest BCUT2D eigenvalue weighted by molar-refractivity contribution is -0.137. The molecule has 1 atom stereocenters. The topological polar surface area (TPSA) is 57.6 Å². The number of para-hydroxylation sites is 1. The molecule has 0 bridgehead atoms. The van der Waals surface area contributed by atoms with Gasteiger partial charge in [0.25, 0.3) is 0 Å². The van der Waals surface area contributed by atoms with Gasteiger partial charge in [-0.3, -0.25) is 14.5 Å². The Morgan fingerprint density at radius 1 is 1.24 bits per heavy atom. The molecule has 1 aromatic heterocycles. The molecule has 0 aliphatic carbocycles. The van der Waals surface area contributed by atoms with Crippen molar-refractivity contribution >= 4 is 22.7 Å². The van der Waals surface area contributed by atoms with Crippen LogP contribution in [-0.2, 0) is 16.1 Å². The molecule has 1 aliphatic rings. The van der Waals surface area contributed by atoms with Crippen molar-refractivity contribution in [3.8, 4) is 0 Å². The molecule has 0 spiro atoms. The molecule has 6 heteroatoms. The van der Waals surface area contributed by atoms with E-state index in [9.17, 15) is 9.59 Å². The second kappa shape index (κ2) is 7.27. The summed E-state index contributed by atoms with van der Waals surface area (Å²) in [7, 11) is 3.56. The van der Waals surface area contributed by atoms with Crippen molar-refractivity contribution in [3.63, 3.8) is 0 Å². The number of nitrogens with zero attached hydrogens (tertiary/aromatic N) is 3. The summed E-state index contributed by atoms with van der Waals surface area (Å²) >= 11 is 0. The van der Waals surface area contributed by atoms with Crippen molar-refractivity contribution in [2.45, 2.75) is 25.9 Å². The second-order valence-electron chi connectivity index (χ2n) is 6.70. The highest BCUT2D eigenvalue weighted by Gasteiger charge is 2.31. The first-order chi connectivity index (χ1) is 12.0. The maximum absolute atomic E-state index is 12.7. The van der Waals surface area contributed by atoms with Crippen molar-refractivity contribution < 1.29 is 9.59 Å². The number of amides is 2. The molecule has 1 fully saturated rings. The molecule has 2 aromatic rings. The van der Waals surface area contributed by atoms with Crippen molar-refractivity contribution in [2.24, 2.45) is 0 Å². The zero-order chi connectivity index (χ0) is 18.0. The molecule has 0 radical (unpaired) electrons. The number of carbonyl (C=O) groups excluding carboxylic acids is 2. The van der Waals surface area contributed by atoms with Crippen LogP contribution < -0.4 is 5.32 Å². The third-order valence-corrected chi connectivity index (χ3v) is 5.12. The van der Waals surface area contributed by atoms with E-state index in [4.69, 9.17) is 0 Å². The molecular formula is C19H26N4O2. The average Bonchev–Trinajstić information content (AvgIpc) is 2.94. The van der Waals surface area contributed by atoms with Crippen LogP contribution >= 0.6 is 0 Å². The number of hydrogen-bond donors (Lipinski definition) is 1. The van der Waals surface area contributed by atoms with Gasteiger partial charge in [0.1, 0.15) is 6.04 Å². The maximum Gasteiger partial charge on any atom is 0.238 e. The van der Waals surface area contributed by atoms with Crippen molar-refractivity contribution in [2.75, 3.05) is 33.7 Å². The number of likely N-dealkylation sites (N-methyl/N-ethyl adjacent to an activating group) is 2. The van der Waals surface area contributed by atoms with E-state index in [1.165, 1.54) is 5.39 Å². The van der Waals surface area contributed by atoms with Crippen LogP contribution in [0.3, 0.4) is 0 Å². The summed E-state index contributed by atoms with van der Waals surface area (Å²) < 4.78 is 2.19. The summed E-state index contributed by atoms with van der Waals surface area (Å²) in [4.78, 5) is 28.5. The molecule has 0 saturated carbocycles. The van der Waals surface area contributed by atoms with Crippen LogP contribution in [0.1, 0.15) is 12.1 Å². The van der Waals surface area contributed by atoms with E-state index in [0.29, 0.717) is 26.1 Å². The molecule has 3 rings (SSSR count). The van der Waals surface area contributed by atoms with Gasteiger partial charge in [-0.15, -0.1) is 0 Å². The maximum atomic E-state index is 12.7. The SMILES string of the molecule is CNC(=O)C1CN(C(=O)CCn2c(C)cc3ccccc32)CCN1C. The Labute approximate surface area is 148 Å². The first kappa shape index (κ1) is 17.5. The first-order valence-electron chi connectivity index (χ1n) is 8.75. The smallest absolute Gasteiger partial charge is 0.238 e. The minimum absolute atomic E-state index is 0.0350. The van der Waals surface area contributed by atoms with Crippen LogP contribution in [0.2, 0.25) is 0 Å². The zero-order valence-electron chi connectivity index (χ0n) is 15.2.